The van der Waals surface area contributed by atoms with E-state index >= 15 is 0 Å². The first-order chi connectivity index (χ1) is 29.4. The van der Waals surface area contributed by atoms with Crippen LogP contribution in [-0.4, -0.2) is 0 Å². The molecule has 0 aliphatic heterocycles. The molecule has 2 aliphatic rings. The average molecular weight is 833 g/mol. The predicted octanol–water partition coefficient (Wildman–Crippen LogP) is 15.9. The van der Waals surface area contributed by atoms with E-state index in [2.05, 4.69) is 253 Å². The summed E-state index contributed by atoms with van der Waals surface area (Å²) >= 11 is 4.08. The van der Waals surface area contributed by atoms with E-state index in [4.69, 9.17) is 0 Å². The molecular weight excluding hydrogens is 791 g/mol. The lowest BCUT2D eigenvalue weighted by Gasteiger charge is -2.36. The summed E-state index contributed by atoms with van der Waals surface area (Å²) < 4.78 is 1.08. The van der Waals surface area contributed by atoms with E-state index in [9.17, 15) is 0 Å². The van der Waals surface area contributed by atoms with Crippen LogP contribution in [0.4, 0.5) is 17.1 Å². The molecule has 2 aliphatic carbocycles. The topological polar surface area (TPSA) is 3.24 Å². The number of halogens is 1. The largest absolute Gasteiger partial charge is 0.310 e. The molecule has 0 fully saturated rings. The predicted molar refractivity (Wildman–Crippen MR) is 255 cm³/mol. The molecule has 0 saturated carbocycles. The van der Waals surface area contributed by atoms with E-state index in [0.717, 1.165) is 21.5 Å². The highest BCUT2D eigenvalue weighted by Gasteiger charge is 2.48. The first-order valence-electron chi connectivity index (χ1n) is 20.8. The van der Waals surface area contributed by atoms with Gasteiger partial charge in [0.1, 0.15) is 0 Å². The number of benzene rings is 9. The Labute approximate surface area is 361 Å². The SMILES string of the molecule is CC1(C)c2ccccc2-c2ccc(N(c3ccc(-c4ccccc4)cc3)c3ccc(C4(c5ccccc5Br)c5ccccc5-c5cccc(-c6ccccc6)c54)cc3)cc21. The molecule has 2 heteroatoms. The third kappa shape index (κ3) is 5.51. The fourth-order valence-electron chi connectivity index (χ4n) is 10.3. The standard InChI is InChI=1S/C58H42BrN/c1-57(2)51-24-11-9-20-47(51)49-37-36-45(38-54(49)57)60(43-32-28-40(29-33-43)39-16-5-3-6-17-39)44-34-30-42(31-35-44)58(53-26-13-14-27-55(53)59)52-25-12-10-21-48(52)50-23-15-22-46(56(50)58)41-18-7-4-8-19-41/h3-38H,1-2H3. The molecular formula is C58H42BrN. The smallest absolute Gasteiger partial charge is 0.0730 e. The zero-order valence-electron chi connectivity index (χ0n) is 33.6. The van der Waals surface area contributed by atoms with Crippen LogP contribution >= 0.6 is 15.9 Å². The van der Waals surface area contributed by atoms with Crippen molar-refractivity contribution in [1.82, 2.24) is 0 Å². The van der Waals surface area contributed by atoms with Gasteiger partial charge in [0.2, 0.25) is 0 Å². The third-order valence-corrected chi connectivity index (χ3v) is 13.7. The quantitative estimate of drug-likeness (QED) is 0.155. The maximum absolute atomic E-state index is 4.08. The highest BCUT2D eigenvalue weighted by Crippen LogP contribution is 2.60. The van der Waals surface area contributed by atoms with E-state index in [1.807, 2.05) is 0 Å². The Kier molecular flexibility index (Phi) is 8.62. The van der Waals surface area contributed by atoms with Gasteiger partial charge in [0, 0.05) is 26.9 Å². The Morgan fingerprint density at radius 3 is 1.52 bits per heavy atom. The van der Waals surface area contributed by atoms with Crippen LogP contribution in [0.3, 0.4) is 0 Å². The lowest BCUT2D eigenvalue weighted by Crippen LogP contribution is -2.30. The van der Waals surface area contributed by atoms with E-state index in [0.29, 0.717) is 0 Å². The third-order valence-electron chi connectivity index (χ3n) is 13.0. The number of nitrogens with zero attached hydrogens (tertiary/aromatic N) is 1. The lowest BCUT2D eigenvalue weighted by atomic mass is 9.66. The molecule has 1 nitrogen and oxygen atoms in total. The second-order valence-corrected chi connectivity index (χ2v) is 17.4. The van der Waals surface area contributed by atoms with Crippen LogP contribution in [-0.2, 0) is 10.8 Å². The van der Waals surface area contributed by atoms with Gasteiger partial charge in [-0.2, -0.15) is 0 Å². The van der Waals surface area contributed by atoms with E-state index in [1.54, 1.807) is 0 Å². The Hall–Kier alpha value is -6.74. The molecule has 1 atom stereocenters. The van der Waals surface area contributed by atoms with Crippen LogP contribution in [0.15, 0.2) is 223 Å². The van der Waals surface area contributed by atoms with Gasteiger partial charge < -0.3 is 4.90 Å². The Bertz CT molecular complexity index is 3060. The summed E-state index contributed by atoms with van der Waals surface area (Å²) in [7, 11) is 0. The van der Waals surface area contributed by atoms with Crippen LogP contribution in [0.1, 0.15) is 47.2 Å². The number of rotatable bonds is 7. The minimum Gasteiger partial charge on any atom is -0.310 e. The fraction of sp³-hybridized carbons (Fsp3) is 0.0690. The molecule has 9 aromatic carbocycles. The van der Waals surface area contributed by atoms with Crippen molar-refractivity contribution < 1.29 is 0 Å². The molecule has 9 aromatic rings. The maximum Gasteiger partial charge on any atom is 0.0730 e. The fourth-order valence-corrected chi connectivity index (χ4v) is 10.9. The van der Waals surface area contributed by atoms with Gasteiger partial charge in [-0.25, -0.2) is 0 Å². The first-order valence-corrected chi connectivity index (χ1v) is 21.6. The summed E-state index contributed by atoms with van der Waals surface area (Å²) in [6.45, 7) is 4.72. The zero-order chi connectivity index (χ0) is 40.4. The van der Waals surface area contributed by atoms with Crippen molar-refractivity contribution in [3.63, 3.8) is 0 Å². The van der Waals surface area contributed by atoms with Gasteiger partial charge in [0.25, 0.3) is 0 Å². The van der Waals surface area contributed by atoms with Crippen molar-refractivity contribution in [2.24, 2.45) is 0 Å². The van der Waals surface area contributed by atoms with Gasteiger partial charge >= 0.3 is 0 Å². The first kappa shape index (κ1) is 36.3. The molecule has 0 N–H and O–H groups in total. The number of anilines is 3. The van der Waals surface area contributed by atoms with Crippen molar-refractivity contribution in [2.45, 2.75) is 24.7 Å². The highest BCUT2D eigenvalue weighted by atomic mass is 79.9. The summed E-state index contributed by atoms with van der Waals surface area (Å²) in [6.07, 6.45) is 0. The number of hydrogen-bond acceptors (Lipinski definition) is 1. The highest BCUT2D eigenvalue weighted by molar-refractivity contribution is 9.10. The van der Waals surface area contributed by atoms with Gasteiger partial charge in [-0.3, -0.25) is 0 Å². The van der Waals surface area contributed by atoms with E-state index in [-0.39, 0.29) is 5.41 Å². The molecule has 0 amide bonds. The molecule has 0 bridgehead atoms. The van der Waals surface area contributed by atoms with Gasteiger partial charge in [0.05, 0.1) is 5.41 Å². The van der Waals surface area contributed by atoms with E-state index < -0.39 is 5.41 Å². The molecule has 0 saturated heterocycles. The lowest BCUT2D eigenvalue weighted by molar-refractivity contribution is 0.660. The van der Waals surface area contributed by atoms with Gasteiger partial charge in [-0.1, -0.05) is 206 Å². The summed E-state index contributed by atoms with van der Waals surface area (Å²) in [5.74, 6) is 0. The van der Waals surface area contributed by atoms with Crippen molar-refractivity contribution in [1.29, 1.82) is 0 Å². The Morgan fingerprint density at radius 1 is 0.350 bits per heavy atom. The number of hydrogen-bond donors (Lipinski definition) is 0. The second-order valence-electron chi connectivity index (χ2n) is 16.6. The monoisotopic (exact) mass is 831 g/mol. The summed E-state index contributed by atoms with van der Waals surface area (Å²) in [4.78, 5) is 2.43. The van der Waals surface area contributed by atoms with Crippen LogP contribution in [0.25, 0.3) is 44.5 Å². The van der Waals surface area contributed by atoms with Crippen LogP contribution in [0, 0.1) is 0 Å². The zero-order valence-corrected chi connectivity index (χ0v) is 35.2. The van der Waals surface area contributed by atoms with Crippen LogP contribution < -0.4 is 4.90 Å². The van der Waals surface area contributed by atoms with Crippen molar-refractivity contribution >= 4 is 33.0 Å². The second kappa shape index (κ2) is 14.2. The summed E-state index contributed by atoms with van der Waals surface area (Å²) in [5.41, 5.74) is 20.5. The molecule has 1 unspecified atom stereocenters. The van der Waals surface area contributed by atoms with E-state index in [1.165, 1.54) is 77.9 Å². The summed E-state index contributed by atoms with van der Waals surface area (Å²) in [5, 5.41) is 0. The molecule has 60 heavy (non-hydrogen) atoms. The maximum atomic E-state index is 4.08. The summed E-state index contributed by atoms with van der Waals surface area (Å²) in [6, 6.07) is 80.5. The molecule has 11 rings (SSSR count). The minimum atomic E-state index is -0.595. The molecule has 0 radical (unpaired) electrons. The molecule has 286 valence electrons. The van der Waals surface area contributed by atoms with Gasteiger partial charge in [0.15, 0.2) is 0 Å². The molecule has 0 aromatic heterocycles. The van der Waals surface area contributed by atoms with Crippen LogP contribution in [0.5, 0.6) is 0 Å². The average Bonchev–Trinajstić information content (AvgIpc) is 3.73. The van der Waals surface area contributed by atoms with Gasteiger partial charge in [-0.15, -0.1) is 0 Å². The van der Waals surface area contributed by atoms with Crippen molar-refractivity contribution in [3.05, 3.63) is 256 Å². The molecule has 0 heterocycles. The normalized spacial score (nSPS) is 15.4. The Morgan fingerprint density at radius 2 is 0.833 bits per heavy atom. The van der Waals surface area contributed by atoms with Crippen molar-refractivity contribution in [3.8, 4) is 44.5 Å². The minimum absolute atomic E-state index is 0.121. The van der Waals surface area contributed by atoms with Gasteiger partial charge in [-0.05, 0) is 120 Å². The number of fused-ring (bicyclic) bond motifs is 6. The Balaban J connectivity index is 1.12. The van der Waals surface area contributed by atoms with Crippen LogP contribution in [0.2, 0.25) is 0 Å². The van der Waals surface area contributed by atoms with Crippen molar-refractivity contribution in [2.75, 3.05) is 4.90 Å². The molecule has 0 spiro atoms.